The summed E-state index contributed by atoms with van der Waals surface area (Å²) in [5.74, 6) is 0.753. The summed E-state index contributed by atoms with van der Waals surface area (Å²) in [4.78, 5) is 1.33. The maximum atomic E-state index is 13.1. The molecule has 3 rings (SSSR count). The van der Waals surface area contributed by atoms with Gasteiger partial charge >= 0.3 is 0 Å². The van der Waals surface area contributed by atoms with Crippen LogP contribution in [0.4, 0.5) is 4.39 Å². The first-order valence-corrected chi connectivity index (χ1v) is 6.94. The highest BCUT2D eigenvalue weighted by molar-refractivity contribution is 7.19. The minimum Gasteiger partial charge on any atom is -0.312 e. The number of thiophene rings is 1. The fourth-order valence-corrected chi connectivity index (χ4v) is 3.47. The van der Waals surface area contributed by atoms with Crippen molar-refractivity contribution in [3.05, 3.63) is 35.0 Å². The van der Waals surface area contributed by atoms with E-state index in [1.165, 1.54) is 30.2 Å². The summed E-state index contributed by atoms with van der Waals surface area (Å²) in [6.07, 6.45) is 3.96. The maximum absolute atomic E-state index is 13.1. The molecule has 0 amide bonds. The zero-order valence-electron chi connectivity index (χ0n) is 9.87. The Labute approximate surface area is 105 Å². The quantitative estimate of drug-likeness (QED) is 0.860. The fraction of sp³-hybridized carbons (Fsp3) is 0.429. The van der Waals surface area contributed by atoms with E-state index >= 15 is 0 Å². The third-order valence-corrected chi connectivity index (χ3v) is 4.67. The molecule has 3 heteroatoms. The van der Waals surface area contributed by atoms with Crippen LogP contribution in [-0.4, -0.2) is 7.05 Å². The van der Waals surface area contributed by atoms with Gasteiger partial charge in [-0.2, -0.15) is 0 Å². The van der Waals surface area contributed by atoms with Crippen LogP contribution in [0, 0.1) is 11.7 Å². The highest BCUT2D eigenvalue weighted by Crippen LogP contribution is 2.40. The fourth-order valence-electron chi connectivity index (χ4n) is 2.26. The average molecular weight is 249 g/mol. The van der Waals surface area contributed by atoms with Crippen LogP contribution in [0.15, 0.2) is 24.3 Å². The van der Waals surface area contributed by atoms with Crippen LogP contribution in [0.5, 0.6) is 0 Å². The van der Waals surface area contributed by atoms with Gasteiger partial charge in [0.05, 0.1) is 0 Å². The molecule has 1 aromatic carbocycles. The van der Waals surface area contributed by atoms with Gasteiger partial charge in [0.25, 0.3) is 0 Å². The number of hydrogen-bond donors (Lipinski definition) is 1. The van der Waals surface area contributed by atoms with Crippen molar-refractivity contribution in [2.75, 3.05) is 7.05 Å². The van der Waals surface area contributed by atoms with Gasteiger partial charge in [-0.3, -0.25) is 0 Å². The van der Waals surface area contributed by atoms with Gasteiger partial charge in [0, 0.05) is 15.6 Å². The lowest BCUT2D eigenvalue weighted by Crippen LogP contribution is -2.15. The average Bonchev–Trinajstić information content (AvgIpc) is 3.04. The number of benzene rings is 1. The van der Waals surface area contributed by atoms with E-state index in [1.807, 2.05) is 13.1 Å². The number of halogens is 1. The second kappa shape index (κ2) is 4.39. The monoisotopic (exact) mass is 249 g/mol. The summed E-state index contributed by atoms with van der Waals surface area (Å²) in [7, 11) is 2.01. The molecule has 0 spiro atoms. The third-order valence-electron chi connectivity index (χ3n) is 3.46. The molecule has 2 aromatic rings. The van der Waals surface area contributed by atoms with Crippen LogP contribution in [-0.2, 0) is 0 Å². The van der Waals surface area contributed by atoms with Crippen LogP contribution in [0.1, 0.15) is 30.2 Å². The van der Waals surface area contributed by atoms with Crippen LogP contribution >= 0.6 is 11.3 Å². The largest absolute Gasteiger partial charge is 0.312 e. The Balaban J connectivity index is 1.92. The van der Waals surface area contributed by atoms with E-state index in [0.29, 0.717) is 6.04 Å². The Morgan fingerprint density at radius 2 is 2.24 bits per heavy atom. The van der Waals surface area contributed by atoms with Crippen LogP contribution in [0.25, 0.3) is 10.1 Å². The lowest BCUT2D eigenvalue weighted by Gasteiger charge is -2.13. The van der Waals surface area contributed by atoms with E-state index in [2.05, 4.69) is 11.4 Å². The number of rotatable bonds is 4. The first-order valence-electron chi connectivity index (χ1n) is 6.12. The van der Waals surface area contributed by atoms with Crippen LogP contribution in [0.2, 0.25) is 0 Å². The lowest BCUT2D eigenvalue weighted by molar-refractivity contribution is 0.522. The summed E-state index contributed by atoms with van der Waals surface area (Å²) in [5.41, 5.74) is 0. The zero-order chi connectivity index (χ0) is 11.8. The molecule has 1 unspecified atom stereocenters. The molecule has 1 atom stereocenters. The Kier molecular flexibility index (Phi) is 2.89. The predicted octanol–water partition coefficient (Wildman–Crippen LogP) is 4.10. The Morgan fingerprint density at radius 1 is 1.41 bits per heavy atom. The lowest BCUT2D eigenvalue weighted by atomic mass is 10.1. The molecule has 1 saturated carbocycles. The van der Waals surface area contributed by atoms with Crippen molar-refractivity contribution < 1.29 is 4.39 Å². The smallest absolute Gasteiger partial charge is 0.124 e. The van der Waals surface area contributed by atoms with Crippen molar-refractivity contribution in [1.29, 1.82) is 0 Å². The topological polar surface area (TPSA) is 12.0 Å². The third kappa shape index (κ3) is 2.35. The Bertz CT molecular complexity index is 530. The van der Waals surface area contributed by atoms with Gasteiger partial charge in [0.1, 0.15) is 5.82 Å². The van der Waals surface area contributed by atoms with Crippen molar-refractivity contribution in [2.24, 2.45) is 5.92 Å². The SMILES string of the molecule is CNC(CC1CC1)c1cc2ccc(F)cc2s1. The summed E-state index contributed by atoms with van der Waals surface area (Å²) >= 11 is 1.71. The second-order valence-electron chi connectivity index (χ2n) is 4.85. The molecular weight excluding hydrogens is 233 g/mol. The normalized spacial score (nSPS) is 17.5. The Morgan fingerprint density at radius 3 is 2.94 bits per heavy atom. The van der Waals surface area contributed by atoms with Crippen molar-refractivity contribution >= 4 is 21.4 Å². The van der Waals surface area contributed by atoms with Gasteiger partial charge in [0.2, 0.25) is 0 Å². The van der Waals surface area contributed by atoms with Gasteiger partial charge in [-0.1, -0.05) is 18.9 Å². The van der Waals surface area contributed by atoms with Gasteiger partial charge in [-0.05, 0) is 43.0 Å². The second-order valence-corrected chi connectivity index (χ2v) is 5.97. The molecule has 1 aliphatic carbocycles. The van der Waals surface area contributed by atoms with E-state index in [0.717, 1.165) is 16.0 Å². The van der Waals surface area contributed by atoms with E-state index in [9.17, 15) is 4.39 Å². The minimum absolute atomic E-state index is 0.144. The molecule has 1 fully saturated rings. The van der Waals surface area contributed by atoms with Crippen molar-refractivity contribution in [3.8, 4) is 0 Å². The first kappa shape index (κ1) is 11.2. The Hall–Kier alpha value is -0.930. The molecule has 0 saturated heterocycles. The summed E-state index contributed by atoms with van der Waals surface area (Å²) in [6.45, 7) is 0. The number of hydrogen-bond acceptors (Lipinski definition) is 2. The zero-order valence-corrected chi connectivity index (χ0v) is 10.7. The van der Waals surface area contributed by atoms with E-state index in [1.54, 1.807) is 17.4 Å². The number of fused-ring (bicyclic) bond motifs is 1. The summed E-state index contributed by atoms with van der Waals surface area (Å²) < 4.78 is 14.2. The van der Waals surface area contributed by atoms with Crippen LogP contribution in [0.3, 0.4) is 0 Å². The van der Waals surface area contributed by atoms with Gasteiger partial charge in [0.15, 0.2) is 0 Å². The van der Waals surface area contributed by atoms with E-state index in [4.69, 9.17) is 0 Å². The van der Waals surface area contributed by atoms with Crippen molar-refractivity contribution in [1.82, 2.24) is 5.32 Å². The number of nitrogens with one attached hydrogen (secondary N) is 1. The van der Waals surface area contributed by atoms with Crippen LogP contribution < -0.4 is 5.32 Å². The highest BCUT2D eigenvalue weighted by Gasteiger charge is 2.26. The van der Waals surface area contributed by atoms with E-state index < -0.39 is 0 Å². The molecule has 90 valence electrons. The molecule has 0 aliphatic heterocycles. The maximum Gasteiger partial charge on any atom is 0.124 e. The summed E-state index contributed by atoms with van der Waals surface area (Å²) in [6, 6.07) is 7.67. The predicted molar refractivity (Wildman–Crippen MR) is 70.9 cm³/mol. The first-order chi connectivity index (χ1) is 8.26. The standard InChI is InChI=1S/C14H16FNS/c1-16-12(6-9-2-3-9)14-7-10-4-5-11(15)8-13(10)17-14/h4-5,7-9,12,16H,2-3,6H2,1H3. The molecule has 1 N–H and O–H groups in total. The molecule has 17 heavy (non-hydrogen) atoms. The molecule has 0 bridgehead atoms. The molecule has 0 radical (unpaired) electrons. The molecule has 1 aromatic heterocycles. The van der Waals surface area contributed by atoms with Gasteiger partial charge < -0.3 is 5.32 Å². The summed E-state index contributed by atoms with van der Waals surface area (Å²) in [5, 5.41) is 4.54. The highest BCUT2D eigenvalue weighted by atomic mass is 32.1. The molecule has 1 heterocycles. The van der Waals surface area contributed by atoms with Gasteiger partial charge in [-0.25, -0.2) is 4.39 Å². The molecular formula is C14H16FNS. The molecule has 1 nitrogen and oxygen atoms in total. The van der Waals surface area contributed by atoms with Crippen molar-refractivity contribution in [3.63, 3.8) is 0 Å². The molecule has 1 aliphatic rings. The van der Waals surface area contributed by atoms with E-state index in [-0.39, 0.29) is 5.82 Å². The minimum atomic E-state index is -0.144. The van der Waals surface area contributed by atoms with Gasteiger partial charge in [-0.15, -0.1) is 11.3 Å². The van der Waals surface area contributed by atoms with Crippen molar-refractivity contribution in [2.45, 2.75) is 25.3 Å².